The average Bonchev–Trinajstić information content (AvgIpc) is 3.28. The SMILES string of the molecule is Cc1ccsc1CN(Cc1ccc(F)cc1)C(=O)C[NH2+]C[C@H]1CCCO1. The van der Waals surface area contributed by atoms with E-state index in [4.69, 9.17) is 4.74 Å². The Bertz CT molecular complexity index is 711. The highest BCUT2D eigenvalue weighted by Gasteiger charge is 2.21. The third kappa shape index (κ3) is 5.37. The zero-order valence-electron chi connectivity index (χ0n) is 15.1. The lowest BCUT2D eigenvalue weighted by Gasteiger charge is -2.22. The number of amides is 1. The standard InChI is InChI=1S/C20H25FN2O2S/c1-15-8-10-26-19(15)14-23(13-16-4-6-17(21)7-5-16)20(24)12-22-11-18-3-2-9-25-18/h4-8,10,18,22H,2-3,9,11-14H2,1H3/p+1/t18-/m1/s1. The van der Waals surface area contributed by atoms with Gasteiger partial charge in [-0.3, -0.25) is 4.79 Å². The minimum absolute atomic E-state index is 0.0973. The van der Waals surface area contributed by atoms with Crippen molar-refractivity contribution in [3.05, 3.63) is 57.5 Å². The number of hydrogen-bond donors (Lipinski definition) is 1. The molecule has 0 radical (unpaired) electrons. The molecule has 1 atom stereocenters. The summed E-state index contributed by atoms with van der Waals surface area (Å²) in [6.07, 6.45) is 2.46. The third-order valence-electron chi connectivity index (χ3n) is 4.71. The summed E-state index contributed by atoms with van der Waals surface area (Å²) >= 11 is 1.67. The second-order valence-corrected chi connectivity index (χ2v) is 7.77. The second kappa shape index (κ2) is 9.26. The topological polar surface area (TPSA) is 46.2 Å². The van der Waals surface area contributed by atoms with E-state index in [-0.39, 0.29) is 17.8 Å². The van der Waals surface area contributed by atoms with Crippen molar-refractivity contribution in [3.8, 4) is 0 Å². The number of quaternary nitrogens is 1. The third-order valence-corrected chi connectivity index (χ3v) is 5.72. The summed E-state index contributed by atoms with van der Waals surface area (Å²) in [7, 11) is 0. The maximum Gasteiger partial charge on any atom is 0.278 e. The molecule has 0 unspecified atom stereocenters. The smallest absolute Gasteiger partial charge is 0.278 e. The van der Waals surface area contributed by atoms with Crippen LogP contribution in [0.5, 0.6) is 0 Å². The number of nitrogens with two attached hydrogens (primary N) is 1. The quantitative estimate of drug-likeness (QED) is 0.768. The molecule has 2 N–H and O–H groups in total. The molecule has 0 bridgehead atoms. The van der Waals surface area contributed by atoms with Gasteiger partial charge in [0.1, 0.15) is 18.5 Å². The number of benzene rings is 1. The predicted octanol–water partition coefficient (Wildman–Crippen LogP) is 2.47. The van der Waals surface area contributed by atoms with E-state index in [9.17, 15) is 9.18 Å². The Balaban J connectivity index is 1.61. The molecule has 0 spiro atoms. The van der Waals surface area contributed by atoms with Crippen molar-refractivity contribution in [1.82, 2.24) is 4.90 Å². The molecule has 1 aromatic heterocycles. The van der Waals surface area contributed by atoms with E-state index in [1.54, 1.807) is 23.5 Å². The van der Waals surface area contributed by atoms with E-state index in [0.29, 0.717) is 19.6 Å². The van der Waals surface area contributed by atoms with Crippen molar-refractivity contribution in [2.24, 2.45) is 0 Å². The van der Waals surface area contributed by atoms with E-state index in [1.165, 1.54) is 22.6 Å². The van der Waals surface area contributed by atoms with Crippen LogP contribution in [0.1, 0.15) is 28.8 Å². The van der Waals surface area contributed by atoms with Crippen molar-refractivity contribution < 1.29 is 19.2 Å². The number of hydrogen-bond acceptors (Lipinski definition) is 3. The Kier molecular flexibility index (Phi) is 6.77. The van der Waals surface area contributed by atoms with Gasteiger partial charge in [0.15, 0.2) is 6.54 Å². The number of nitrogens with zero attached hydrogens (tertiary/aromatic N) is 1. The molecule has 1 amide bonds. The van der Waals surface area contributed by atoms with E-state index in [1.807, 2.05) is 10.2 Å². The Morgan fingerprint density at radius 1 is 1.31 bits per heavy atom. The molecule has 2 aromatic rings. The monoisotopic (exact) mass is 377 g/mol. The number of carbonyl (C=O) groups excluding carboxylic acids is 1. The summed E-state index contributed by atoms with van der Waals surface area (Å²) < 4.78 is 18.8. The van der Waals surface area contributed by atoms with Gasteiger partial charge in [-0.2, -0.15) is 0 Å². The van der Waals surface area contributed by atoms with Gasteiger partial charge in [-0.15, -0.1) is 11.3 Å². The zero-order valence-corrected chi connectivity index (χ0v) is 15.9. The Morgan fingerprint density at radius 2 is 2.12 bits per heavy atom. The van der Waals surface area contributed by atoms with Crippen LogP contribution in [0.15, 0.2) is 35.7 Å². The van der Waals surface area contributed by atoms with Crippen LogP contribution >= 0.6 is 11.3 Å². The molecule has 1 aromatic carbocycles. The van der Waals surface area contributed by atoms with Crippen molar-refractivity contribution in [3.63, 3.8) is 0 Å². The van der Waals surface area contributed by atoms with E-state index in [0.717, 1.165) is 31.6 Å². The van der Waals surface area contributed by atoms with Gasteiger partial charge >= 0.3 is 0 Å². The van der Waals surface area contributed by atoms with Crippen LogP contribution in [0.3, 0.4) is 0 Å². The Morgan fingerprint density at radius 3 is 2.77 bits per heavy atom. The summed E-state index contributed by atoms with van der Waals surface area (Å²) in [5.41, 5.74) is 2.14. The van der Waals surface area contributed by atoms with Gasteiger partial charge in [-0.25, -0.2) is 4.39 Å². The number of aryl methyl sites for hydroxylation is 1. The molecule has 26 heavy (non-hydrogen) atoms. The van der Waals surface area contributed by atoms with Gasteiger partial charge in [0.2, 0.25) is 0 Å². The highest BCUT2D eigenvalue weighted by molar-refractivity contribution is 7.10. The molecule has 3 rings (SSSR count). The van der Waals surface area contributed by atoms with Crippen LogP contribution in [-0.2, 0) is 22.6 Å². The van der Waals surface area contributed by atoms with E-state index in [2.05, 4.69) is 18.4 Å². The molecule has 6 heteroatoms. The van der Waals surface area contributed by atoms with Crippen molar-refractivity contribution in [1.29, 1.82) is 0 Å². The van der Waals surface area contributed by atoms with Crippen LogP contribution in [0.4, 0.5) is 4.39 Å². The fourth-order valence-corrected chi connectivity index (χ4v) is 4.05. The minimum Gasteiger partial charge on any atom is -0.372 e. The molecule has 1 aliphatic heterocycles. The number of ether oxygens (including phenoxy) is 1. The lowest BCUT2D eigenvalue weighted by atomic mass is 10.2. The molecule has 2 heterocycles. The first-order valence-electron chi connectivity index (χ1n) is 9.10. The van der Waals surface area contributed by atoms with Crippen LogP contribution < -0.4 is 5.32 Å². The van der Waals surface area contributed by atoms with Crippen LogP contribution in [0, 0.1) is 12.7 Å². The fraction of sp³-hybridized carbons (Fsp3) is 0.450. The number of carbonyl (C=O) groups is 1. The summed E-state index contributed by atoms with van der Waals surface area (Å²) in [6, 6.07) is 8.44. The Hall–Kier alpha value is -1.76. The van der Waals surface area contributed by atoms with Gasteiger partial charge in [0.25, 0.3) is 5.91 Å². The first-order chi connectivity index (χ1) is 12.6. The maximum atomic E-state index is 13.2. The number of halogens is 1. The van der Waals surface area contributed by atoms with Gasteiger partial charge < -0.3 is 15.0 Å². The molecule has 140 valence electrons. The first kappa shape index (κ1) is 19.0. The minimum atomic E-state index is -0.259. The number of thiophene rings is 1. The van der Waals surface area contributed by atoms with Crippen molar-refractivity contribution in [2.75, 3.05) is 19.7 Å². The highest BCUT2D eigenvalue weighted by Crippen LogP contribution is 2.19. The lowest BCUT2D eigenvalue weighted by molar-refractivity contribution is -0.650. The summed E-state index contributed by atoms with van der Waals surface area (Å²) in [4.78, 5) is 15.9. The lowest BCUT2D eigenvalue weighted by Crippen LogP contribution is -2.88. The molecule has 1 fully saturated rings. The average molecular weight is 378 g/mol. The molecule has 0 saturated carbocycles. The van der Waals surface area contributed by atoms with Crippen molar-refractivity contribution in [2.45, 2.75) is 39.0 Å². The fourth-order valence-electron chi connectivity index (χ4n) is 3.13. The summed E-state index contributed by atoms with van der Waals surface area (Å²) in [6.45, 7) is 5.22. The molecular weight excluding hydrogens is 351 g/mol. The van der Waals surface area contributed by atoms with Crippen LogP contribution in [-0.4, -0.2) is 36.6 Å². The predicted molar refractivity (Wildman–Crippen MR) is 100 cm³/mol. The van der Waals surface area contributed by atoms with Crippen molar-refractivity contribution >= 4 is 17.2 Å². The molecule has 1 aliphatic rings. The van der Waals surface area contributed by atoms with Gasteiger partial charge in [-0.05, 0) is 54.5 Å². The summed E-state index contributed by atoms with van der Waals surface area (Å²) in [5, 5.41) is 4.09. The highest BCUT2D eigenvalue weighted by atomic mass is 32.1. The Labute approximate surface area is 158 Å². The van der Waals surface area contributed by atoms with Crippen LogP contribution in [0.25, 0.3) is 0 Å². The molecule has 0 aliphatic carbocycles. The first-order valence-corrected chi connectivity index (χ1v) is 9.98. The molecular formula is C20H26FN2O2S+. The normalized spacial score (nSPS) is 16.8. The summed E-state index contributed by atoms with van der Waals surface area (Å²) in [5.74, 6) is -0.161. The zero-order chi connectivity index (χ0) is 18.4. The maximum absolute atomic E-state index is 13.2. The van der Waals surface area contributed by atoms with Crippen LogP contribution in [0.2, 0.25) is 0 Å². The molecule has 4 nitrogen and oxygen atoms in total. The van der Waals surface area contributed by atoms with Gasteiger partial charge in [0, 0.05) is 18.0 Å². The molecule has 1 saturated heterocycles. The second-order valence-electron chi connectivity index (χ2n) is 6.77. The van der Waals surface area contributed by atoms with Gasteiger partial charge in [-0.1, -0.05) is 12.1 Å². The largest absolute Gasteiger partial charge is 0.372 e. The van der Waals surface area contributed by atoms with E-state index < -0.39 is 0 Å². The number of rotatable bonds is 8. The van der Waals surface area contributed by atoms with E-state index >= 15 is 0 Å². The van der Waals surface area contributed by atoms with Gasteiger partial charge in [0.05, 0.1) is 6.54 Å².